The van der Waals surface area contributed by atoms with Gasteiger partial charge in [-0.3, -0.25) is 0 Å². The molecule has 0 atom stereocenters. The number of aryl methyl sites for hydroxylation is 1. The Morgan fingerprint density at radius 1 is 1.12 bits per heavy atom. The number of ether oxygens (including phenoxy) is 1. The van der Waals surface area contributed by atoms with Crippen molar-refractivity contribution in [2.75, 3.05) is 57.2 Å². The van der Waals surface area contributed by atoms with Crippen LogP contribution in [0.4, 0.5) is 11.8 Å². The summed E-state index contributed by atoms with van der Waals surface area (Å²) >= 11 is 0. The normalized spacial score (nSPS) is 20.6. The van der Waals surface area contributed by atoms with E-state index in [2.05, 4.69) is 43.1 Å². The van der Waals surface area contributed by atoms with Gasteiger partial charge in [0, 0.05) is 49.6 Å². The second kappa shape index (κ2) is 7.23. The summed E-state index contributed by atoms with van der Waals surface area (Å²) < 4.78 is 5.57. The van der Waals surface area contributed by atoms with E-state index in [1.54, 1.807) is 0 Å². The topological polar surface area (TPSA) is 53.5 Å². The summed E-state index contributed by atoms with van der Waals surface area (Å²) in [5.74, 6) is 1.86. The number of rotatable bonds is 5. The first-order chi connectivity index (χ1) is 11.5. The minimum atomic E-state index is 0.136. The molecule has 6 nitrogen and oxygen atoms in total. The van der Waals surface area contributed by atoms with Crippen LogP contribution in [0.3, 0.4) is 0 Å². The van der Waals surface area contributed by atoms with Crippen LogP contribution in [0.25, 0.3) is 0 Å². The molecular formula is C18H31N5O. The Labute approximate surface area is 145 Å². The van der Waals surface area contributed by atoms with Crippen molar-refractivity contribution in [3.05, 3.63) is 11.3 Å². The van der Waals surface area contributed by atoms with Crippen LogP contribution >= 0.6 is 0 Å². The Bertz CT molecular complexity index is 563. The van der Waals surface area contributed by atoms with Crippen LogP contribution < -0.4 is 10.2 Å². The zero-order chi connectivity index (χ0) is 17.2. The molecule has 1 aromatic rings. The Hall–Kier alpha value is -1.40. The summed E-state index contributed by atoms with van der Waals surface area (Å²) in [4.78, 5) is 14.2. The molecule has 0 saturated carbocycles. The predicted molar refractivity (Wildman–Crippen MR) is 97.9 cm³/mol. The van der Waals surface area contributed by atoms with Gasteiger partial charge in [0.25, 0.3) is 0 Å². The number of nitrogens with one attached hydrogen (secondary N) is 1. The summed E-state index contributed by atoms with van der Waals surface area (Å²) in [5.41, 5.74) is 2.36. The van der Waals surface area contributed by atoms with Gasteiger partial charge in [0.1, 0.15) is 5.82 Å². The fourth-order valence-corrected chi connectivity index (χ4v) is 3.63. The molecule has 0 aromatic carbocycles. The van der Waals surface area contributed by atoms with Gasteiger partial charge in [-0.1, -0.05) is 0 Å². The van der Waals surface area contributed by atoms with Gasteiger partial charge < -0.3 is 19.9 Å². The van der Waals surface area contributed by atoms with Crippen molar-refractivity contribution < 1.29 is 4.74 Å². The monoisotopic (exact) mass is 333 g/mol. The van der Waals surface area contributed by atoms with Gasteiger partial charge in [0.05, 0.1) is 0 Å². The predicted octanol–water partition coefficient (Wildman–Crippen LogP) is 2.22. The maximum absolute atomic E-state index is 5.57. The van der Waals surface area contributed by atoms with E-state index in [-0.39, 0.29) is 5.54 Å². The lowest BCUT2D eigenvalue weighted by atomic mass is 9.88. The maximum Gasteiger partial charge on any atom is 0.227 e. The molecule has 6 heteroatoms. The highest BCUT2D eigenvalue weighted by atomic mass is 16.5. The van der Waals surface area contributed by atoms with E-state index in [1.165, 1.54) is 12.8 Å². The van der Waals surface area contributed by atoms with Crippen LogP contribution in [0.5, 0.6) is 0 Å². The summed E-state index contributed by atoms with van der Waals surface area (Å²) in [7, 11) is 4.33. The maximum atomic E-state index is 5.57. The molecule has 2 aliphatic heterocycles. The van der Waals surface area contributed by atoms with Gasteiger partial charge in [0.2, 0.25) is 5.95 Å². The first-order valence-electron chi connectivity index (χ1n) is 9.11. The summed E-state index contributed by atoms with van der Waals surface area (Å²) in [5, 5.41) is 3.63. The molecule has 2 aliphatic rings. The number of nitrogens with zero attached hydrogens (tertiary/aromatic N) is 4. The fourth-order valence-electron chi connectivity index (χ4n) is 3.63. The van der Waals surface area contributed by atoms with E-state index >= 15 is 0 Å². The van der Waals surface area contributed by atoms with Crippen molar-refractivity contribution in [3.8, 4) is 0 Å². The Morgan fingerprint density at radius 2 is 1.79 bits per heavy atom. The second-order valence-electron chi connectivity index (χ2n) is 7.36. The number of hydrogen-bond acceptors (Lipinski definition) is 6. The van der Waals surface area contributed by atoms with Crippen molar-refractivity contribution in [3.63, 3.8) is 0 Å². The fraction of sp³-hybridized carbons (Fsp3) is 0.778. The highest BCUT2D eigenvalue weighted by Gasteiger charge is 2.35. The van der Waals surface area contributed by atoms with E-state index < -0.39 is 0 Å². The second-order valence-corrected chi connectivity index (χ2v) is 7.36. The molecule has 1 aromatic heterocycles. The van der Waals surface area contributed by atoms with E-state index in [4.69, 9.17) is 14.7 Å². The standard InChI is InChI=1S/C18H31N5O/c1-14-15(2)20-17(23-9-5-6-10-23)21-16(14)19-13-18(22(3)4)7-11-24-12-8-18/h5-13H2,1-4H3,(H,19,20,21). The average molecular weight is 333 g/mol. The Balaban J connectivity index is 1.78. The quantitative estimate of drug-likeness (QED) is 0.892. The van der Waals surface area contributed by atoms with Crippen molar-refractivity contribution in [2.45, 2.75) is 45.1 Å². The molecule has 2 fully saturated rings. The lowest BCUT2D eigenvalue weighted by Crippen LogP contribution is -2.53. The molecule has 0 radical (unpaired) electrons. The smallest absolute Gasteiger partial charge is 0.227 e. The van der Waals surface area contributed by atoms with E-state index in [0.717, 1.165) is 68.7 Å². The van der Waals surface area contributed by atoms with Gasteiger partial charge in [-0.25, -0.2) is 4.98 Å². The molecule has 0 unspecified atom stereocenters. The molecule has 3 heterocycles. The van der Waals surface area contributed by atoms with Crippen LogP contribution in [0.1, 0.15) is 36.9 Å². The minimum Gasteiger partial charge on any atom is -0.381 e. The molecular weight excluding hydrogens is 302 g/mol. The first-order valence-corrected chi connectivity index (χ1v) is 9.11. The highest BCUT2D eigenvalue weighted by Crippen LogP contribution is 2.28. The highest BCUT2D eigenvalue weighted by molar-refractivity contribution is 5.51. The number of anilines is 2. The van der Waals surface area contributed by atoms with Gasteiger partial charge >= 0.3 is 0 Å². The molecule has 2 saturated heterocycles. The third-order valence-electron chi connectivity index (χ3n) is 5.72. The third-order valence-corrected chi connectivity index (χ3v) is 5.72. The number of likely N-dealkylation sites (N-methyl/N-ethyl adjacent to an activating group) is 1. The lowest BCUT2D eigenvalue weighted by molar-refractivity contribution is -0.000670. The van der Waals surface area contributed by atoms with Crippen LogP contribution in [-0.2, 0) is 4.74 Å². The molecule has 0 spiro atoms. The molecule has 1 N–H and O–H groups in total. The van der Waals surface area contributed by atoms with E-state index in [1.807, 2.05) is 0 Å². The van der Waals surface area contributed by atoms with Crippen molar-refractivity contribution in [1.82, 2.24) is 14.9 Å². The van der Waals surface area contributed by atoms with Crippen LogP contribution in [0.2, 0.25) is 0 Å². The lowest BCUT2D eigenvalue weighted by Gasteiger charge is -2.43. The third kappa shape index (κ3) is 3.49. The van der Waals surface area contributed by atoms with E-state index in [9.17, 15) is 0 Å². The summed E-state index contributed by atoms with van der Waals surface area (Å²) in [6.07, 6.45) is 4.58. The van der Waals surface area contributed by atoms with Gasteiger partial charge in [-0.2, -0.15) is 4.98 Å². The average Bonchev–Trinajstić information content (AvgIpc) is 3.11. The zero-order valence-electron chi connectivity index (χ0n) is 15.6. The largest absolute Gasteiger partial charge is 0.381 e. The molecule has 134 valence electrons. The zero-order valence-corrected chi connectivity index (χ0v) is 15.6. The minimum absolute atomic E-state index is 0.136. The van der Waals surface area contributed by atoms with Crippen LogP contribution in [0.15, 0.2) is 0 Å². The van der Waals surface area contributed by atoms with E-state index in [0.29, 0.717) is 0 Å². The van der Waals surface area contributed by atoms with Crippen molar-refractivity contribution >= 4 is 11.8 Å². The molecule has 0 aliphatic carbocycles. The van der Waals surface area contributed by atoms with Gasteiger partial charge in [0.15, 0.2) is 0 Å². The molecule has 3 rings (SSSR count). The Morgan fingerprint density at radius 3 is 2.42 bits per heavy atom. The molecule has 24 heavy (non-hydrogen) atoms. The SMILES string of the molecule is Cc1nc(N2CCCC2)nc(NCC2(N(C)C)CCOCC2)c1C. The first kappa shape index (κ1) is 17.4. The van der Waals surface area contributed by atoms with Crippen molar-refractivity contribution in [2.24, 2.45) is 0 Å². The summed E-state index contributed by atoms with van der Waals surface area (Å²) in [6, 6.07) is 0. The van der Waals surface area contributed by atoms with Crippen molar-refractivity contribution in [1.29, 1.82) is 0 Å². The Kier molecular flexibility index (Phi) is 5.25. The number of hydrogen-bond donors (Lipinski definition) is 1. The summed E-state index contributed by atoms with van der Waals surface area (Å²) in [6.45, 7) is 8.89. The van der Waals surface area contributed by atoms with Gasteiger partial charge in [-0.05, 0) is 53.6 Å². The van der Waals surface area contributed by atoms with Crippen LogP contribution in [0, 0.1) is 13.8 Å². The molecule has 0 bridgehead atoms. The van der Waals surface area contributed by atoms with Crippen LogP contribution in [-0.4, -0.2) is 67.4 Å². The van der Waals surface area contributed by atoms with Gasteiger partial charge in [-0.15, -0.1) is 0 Å². The number of aromatic nitrogens is 2. The molecule has 0 amide bonds.